The van der Waals surface area contributed by atoms with Crippen LogP contribution < -0.4 is 10.6 Å². The molecule has 1 amide bonds. The molecule has 0 saturated carbocycles. The number of nitrogens with zero attached hydrogens (tertiary/aromatic N) is 2. The van der Waals surface area contributed by atoms with E-state index in [1.165, 1.54) is 24.9 Å². The van der Waals surface area contributed by atoms with Gasteiger partial charge in [-0.2, -0.15) is 13.2 Å². The molecule has 30 heavy (non-hydrogen) atoms. The average Bonchev–Trinajstić information content (AvgIpc) is 3.15. The number of nitrogens with one attached hydrogen (secondary N) is 2. The van der Waals surface area contributed by atoms with Crippen LogP contribution in [0.25, 0.3) is 0 Å². The van der Waals surface area contributed by atoms with Crippen molar-refractivity contribution in [3.05, 3.63) is 82.3 Å². The summed E-state index contributed by atoms with van der Waals surface area (Å²) in [4.78, 5) is 16.7. The van der Waals surface area contributed by atoms with Crippen LogP contribution in [0.15, 0.2) is 48.9 Å². The predicted molar refractivity (Wildman–Crippen MR) is 107 cm³/mol. The molecule has 0 saturated heterocycles. The quantitative estimate of drug-likeness (QED) is 0.674. The summed E-state index contributed by atoms with van der Waals surface area (Å²) in [6.45, 7) is 3.35. The van der Waals surface area contributed by atoms with E-state index >= 15 is 0 Å². The van der Waals surface area contributed by atoms with Crippen molar-refractivity contribution in [2.75, 3.05) is 11.9 Å². The van der Waals surface area contributed by atoms with Crippen LogP contribution in [0.5, 0.6) is 0 Å². The van der Waals surface area contributed by atoms with Crippen molar-refractivity contribution >= 4 is 11.7 Å². The smallest absolute Gasteiger partial charge is 0.331 e. The Bertz CT molecular complexity index is 1090. The number of amides is 1. The third kappa shape index (κ3) is 4.38. The standard InChI is InChI=1S/C22H21F3N4O/c1-14-2-3-15(8-19(14)22(23,24)25)11-29-12-20(27-13-29)28-21(30)17-4-5-18-10-26-7-6-16(18)9-17/h2-5,8-9,12-13,26H,6-7,10-11H2,1H3,(H,28,30). The van der Waals surface area contributed by atoms with E-state index in [1.54, 1.807) is 22.9 Å². The maximum atomic E-state index is 13.1. The van der Waals surface area contributed by atoms with Crippen LogP contribution in [0.3, 0.4) is 0 Å². The molecule has 1 aliphatic heterocycles. The van der Waals surface area contributed by atoms with Crippen molar-refractivity contribution in [1.29, 1.82) is 0 Å². The van der Waals surface area contributed by atoms with E-state index in [9.17, 15) is 18.0 Å². The van der Waals surface area contributed by atoms with Gasteiger partial charge in [-0.05, 0) is 60.3 Å². The third-order valence-corrected chi connectivity index (χ3v) is 5.20. The van der Waals surface area contributed by atoms with Gasteiger partial charge in [-0.1, -0.05) is 18.2 Å². The number of imidazole rings is 1. The van der Waals surface area contributed by atoms with Gasteiger partial charge in [-0.3, -0.25) is 4.79 Å². The number of hydrogen-bond acceptors (Lipinski definition) is 3. The van der Waals surface area contributed by atoms with Gasteiger partial charge in [0.15, 0.2) is 5.82 Å². The Morgan fingerprint density at radius 2 is 2.03 bits per heavy atom. The fraction of sp³-hybridized carbons (Fsp3) is 0.273. The maximum absolute atomic E-state index is 13.1. The number of rotatable bonds is 4. The van der Waals surface area contributed by atoms with Gasteiger partial charge in [0.05, 0.1) is 11.9 Å². The summed E-state index contributed by atoms with van der Waals surface area (Å²) in [6, 6.07) is 9.89. The Balaban J connectivity index is 1.45. The van der Waals surface area contributed by atoms with Crippen LogP contribution in [0.2, 0.25) is 0 Å². The molecule has 3 aromatic rings. The number of carbonyl (C=O) groups is 1. The Hall–Kier alpha value is -3.13. The number of aromatic nitrogens is 2. The van der Waals surface area contributed by atoms with Crippen LogP contribution in [-0.2, 0) is 25.7 Å². The van der Waals surface area contributed by atoms with Crippen LogP contribution in [0, 0.1) is 6.92 Å². The zero-order valence-corrected chi connectivity index (χ0v) is 16.4. The van der Waals surface area contributed by atoms with E-state index in [1.807, 2.05) is 12.1 Å². The normalized spacial score (nSPS) is 13.7. The minimum absolute atomic E-state index is 0.186. The number of halogens is 3. The first kappa shape index (κ1) is 20.2. The first-order valence-electron chi connectivity index (χ1n) is 9.62. The highest BCUT2D eigenvalue weighted by Crippen LogP contribution is 2.32. The summed E-state index contributed by atoms with van der Waals surface area (Å²) in [5.74, 6) is 0.0822. The molecule has 0 spiro atoms. The minimum Gasteiger partial charge on any atom is -0.331 e. The molecule has 1 aromatic heterocycles. The molecule has 0 fully saturated rings. The maximum Gasteiger partial charge on any atom is 0.416 e. The molecular formula is C22H21F3N4O. The number of anilines is 1. The van der Waals surface area contributed by atoms with E-state index in [2.05, 4.69) is 15.6 Å². The summed E-state index contributed by atoms with van der Waals surface area (Å²) < 4.78 is 41.0. The Kier molecular flexibility index (Phi) is 5.34. The largest absolute Gasteiger partial charge is 0.416 e. The van der Waals surface area contributed by atoms with E-state index < -0.39 is 11.7 Å². The van der Waals surface area contributed by atoms with E-state index in [4.69, 9.17) is 0 Å². The van der Waals surface area contributed by atoms with Gasteiger partial charge in [-0.25, -0.2) is 4.98 Å². The van der Waals surface area contributed by atoms with Crippen LogP contribution in [0.4, 0.5) is 19.0 Å². The lowest BCUT2D eigenvalue weighted by atomic mass is 9.98. The highest BCUT2D eigenvalue weighted by atomic mass is 19.4. The van der Waals surface area contributed by atoms with Gasteiger partial charge < -0.3 is 15.2 Å². The molecule has 4 rings (SSSR count). The molecule has 0 atom stereocenters. The second-order valence-electron chi connectivity index (χ2n) is 7.44. The lowest BCUT2D eigenvalue weighted by Gasteiger charge is -2.17. The number of hydrogen-bond donors (Lipinski definition) is 2. The lowest BCUT2D eigenvalue weighted by Crippen LogP contribution is -2.24. The number of aryl methyl sites for hydroxylation is 1. The minimum atomic E-state index is -4.39. The fourth-order valence-electron chi connectivity index (χ4n) is 3.60. The molecule has 2 N–H and O–H groups in total. The van der Waals surface area contributed by atoms with Gasteiger partial charge in [-0.15, -0.1) is 0 Å². The summed E-state index contributed by atoms with van der Waals surface area (Å²) in [5, 5.41) is 6.04. The topological polar surface area (TPSA) is 59.0 Å². The van der Waals surface area contributed by atoms with E-state index in [0.29, 0.717) is 16.9 Å². The zero-order chi connectivity index (χ0) is 21.3. The number of fused-ring (bicyclic) bond motifs is 1. The molecule has 156 valence electrons. The highest BCUT2D eigenvalue weighted by molar-refractivity contribution is 6.03. The van der Waals surface area contributed by atoms with Crippen LogP contribution in [0.1, 0.15) is 38.2 Å². The number of alkyl halides is 3. The summed E-state index contributed by atoms with van der Waals surface area (Å²) in [6.07, 6.45) is -0.421. The van der Waals surface area contributed by atoms with Gasteiger partial charge in [0.1, 0.15) is 0 Å². The molecule has 0 bridgehead atoms. The molecule has 0 radical (unpaired) electrons. The molecule has 1 aliphatic rings. The summed E-state index contributed by atoms with van der Waals surface area (Å²) in [7, 11) is 0. The molecule has 8 heteroatoms. The second kappa shape index (κ2) is 7.95. The molecule has 2 heterocycles. The third-order valence-electron chi connectivity index (χ3n) is 5.20. The van der Waals surface area contributed by atoms with Crippen molar-refractivity contribution in [3.63, 3.8) is 0 Å². The van der Waals surface area contributed by atoms with Crippen molar-refractivity contribution in [1.82, 2.24) is 14.9 Å². The molecule has 0 aliphatic carbocycles. The van der Waals surface area contributed by atoms with Gasteiger partial charge in [0, 0.05) is 24.8 Å². The van der Waals surface area contributed by atoms with Gasteiger partial charge >= 0.3 is 6.18 Å². The average molecular weight is 414 g/mol. The highest BCUT2D eigenvalue weighted by Gasteiger charge is 2.32. The first-order valence-corrected chi connectivity index (χ1v) is 9.62. The molecule has 0 unspecified atom stereocenters. The number of benzene rings is 2. The Labute approximate surface area is 171 Å². The zero-order valence-electron chi connectivity index (χ0n) is 16.4. The second-order valence-corrected chi connectivity index (χ2v) is 7.44. The van der Waals surface area contributed by atoms with Crippen molar-refractivity contribution < 1.29 is 18.0 Å². The van der Waals surface area contributed by atoms with Gasteiger partial charge in [0.2, 0.25) is 0 Å². The van der Waals surface area contributed by atoms with Crippen LogP contribution in [-0.4, -0.2) is 22.0 Å². The van der Waals surface area contributed by atoms with Crippen molar-refractivity contribution in [3.8, 4) is 0 Å². The molecule has 2 aromatic carbocycles. The Morgan fingerprint density at radius 3 is 2.83 bits per heavy atom. The molecular weight excluding hydrogens is 393 g/mol. The van der Waals surface area contributed by atoms with Crippen molar-refractivity contribution in [2.45, 2.75) is 32.6 Å². The molecule has 5 nitrogen and oxygen atoms in total. The van der Waals surface area contributed by atoms with E-state index in [0.717, 1.165) is 31.1 Å². The summed E-state index contributed by atoms with van der Waals surface area (Å²) in [5.41, 5.74) is 2.96. The van der Waals surface area contributed by atoms with Crippen molar-refractivity contribution in [2.24, 2.45) is 0 Å². The van der Waals surface area contributed by atoms with Crippen LogP contribution >= 0.6 is 0 Å². The summed E-state index contributed by atoms with van der Waals surface area (Å²) >= 11 is 0. The number of carbonyl (C=O) groups excluding carboxylic acids is 1. The predicted octanol–water partition coefficient (Wildman–Crippen LogP) is 4.16. The lowest BCUT2D eigenvalue weighted by molar-refractivity contribution is -0.138. The SMILES string of the molecule is Cc1ccc(Cn2cnc(NC(=O)c3ccc4c(c3)CCNC4)c2)cc1C(F)(F)F. The van der Waals surface area contributed by atoms with E-state index in [-0.39, 0.29) is 18.0 Å². The van der Waals surface area contributed by atoms with Gasteiger partial charge in [0.25, 0.3) is 5.91 Å². The first-order chi connectivity index (χ1) is 14.3. The Morgan fingerprint density at radius 1 is 1.20 bits per heavy atom. The fourth-order valence-corrected chi connectivity index (χ4v) is 3.60. The monoisotopic (exact) mass is 414 g/mol.